The molecule has 0 bridgehead atoms. The van der Waals surface area contributed by atoms with Crippen molar-refractivity contribution in [2.75, 3.05) is 7.05 Å². The van der Waals surface area contributed by atoms with E-state index in [0.29, 0.717) is 5.56 Å². The molecule has 0 aliphatic heterocycles. The fourth-order valence-corrected chi connectivity index (χ4v) is 0.796. The van der Waals surface area contributed by atoms with Crippen molar-refractivity contribution in [3.05, 3.63) is 48.4 Å². The molecule has 68 valence electrons. The third kappa shape index (κ3) is 2.63. The van der Waals surface area contributed by atoms with Gasteiger partial charge in [-0.3, -0.25) is 0 Å². The fourth-order valence-electron chi connectivity index (χ4n) is 0.796. The summed E-state index contributed by atoms with van der Waals surface area (Å²) in [5, 5.41) is 2.63. The molecule has 0 fully saturated rings. The van der Waals surface area contributed by atoms with Gasteiger partial charge in [0.2, 0.25) is 0 Å². The van der Waals surface area contributed by atoms with Crippen LogP contribution in [0.5, 0.6) is 0 Å². The topological polar surface area (TPSA) is 38.3 Å². The highest BCUT2D eigenvalue weighted by molar-refractivity contribution is 5.89. The molecule has 0 aromatic heterocycles. The first-order chi connectivity index (χ1) is 6.24. The lowest BCUT2D eigenvalue weighted by molar-refractivity contribution is 0.0608. The Morgan fingerprint density at radius 3 is 2.54 bits per heavy atom. The number of carbonyl (C=O) groups excluding carboxylic acids is 1. The van der Waals surface area contributed by atoms with Crippen LogP contribution < -0.4 is 5.32 Å². The maximum absolute atomic E-state index is 11.3. The molecular weight excluding hydrogens is 166 g/mol. The van der Waals surface area contributed by atoms with Crippen LogP contribution in [0.1, 0.15) is 10.4 Å². The van der Waals surface area contributed by atoms with Crippen LogP contribution in [0.3, 0.4) is 0 Å². The summed E-state index contributed by atoms with van der Waals surface area (Å²) in [5.74, 6) is -0.159. The summed E-state index contributed by atoms with van der Waals surface area (Å²) in [6.07, 6.45) is 0. The Bertz CT molecular complexity index is 306. The highest BCUT2D eigenvalue weighted by Crippen LogP contribution is 2.02. The summed E-state index contributed by atoms with van der Waals surface area (Å²) in [7, 11) is 1.64. The molecule has 3 heteroatoms. The smallest absolute Gasteiger partial charge is 0.344 e. The van der Waals surface area contributed by atoms with Crippen LogP contribution in [0.25, 0.3) is 0 Å². The zero-order chi connectivity index (χ0) is 9.68. The lowest BCUT2D eigenvalue weighted by atomic mass is 10.2. The van der Waals surface area contributed by atoms with E-state index in [1.165, 1.54) is 0 Å². The molecule has 1 aromatic carbocycles. The van der Waals surface area contributed by atoms with Gasteiger partial charge in [0, 0.05) is 7.05 Å². The van der Waals surface area contributed by atoms with E-state index in [-0.39, 0.29) is 5.88 Å². The number of carbonyl (C=O) groups is 1. The van der Waals surface area contributed by atoms with E-state index in [0.717, 1.165) is 0 Å². The molecule has 0 amide bonds. The van der Waals surface area contributed by atoms with Gasteiger partial charge in [-0.05, 0) is 18.7 Å². The van der Waals surface area contributed by atoms with E-state index in [9.17, 15) is 4.79 Å². The Kier molecular flexibility index (Phi) is 3.09. The predicted octanol–water partition coefficient (Wildman–Crippen LogP) is 1.53. The quantitative estimate of drug-likeness (QED) is 0.562. The normalized spacial score (nSPS) is 9.00. The van der Waals surface area contributed by atoms with E-state index in [2.05, 4.69) is 11.9 Å². The van der Waals surface area contributed by atoms with Crippen molar-refractivity contribution < 1.29 is 9.53 Å². The van der Waals surface area contributed by atoms with E-state index >= 15 is 0 Å². The molecule has 1 rings (SSSR count). The van der Waals surface area contributed by atoms with Crippen LogP contribution in [0.15, 0.2) is 42.8 Å². The van der Waals surface area contributed by atoms with E-state index in [1.807, 2.05) is 6.07 Å². The van der Waals surface area contributed by atoms with Crippen LogP contribution in [0, 0.1) is 0 Å². The molecule has 0 radical (unpaired) electrons. The monoisotopic (exact) mass is 177 g/mol. The Balaban J connectivity index is 2.65. The summed E-state index contributed by atoms with van der Waals surface area (Å²) in [6.45, 7) is 3.48. The second kappa shape index (κ2) is 4.30. The van der Waals surface area contributed by atoms with Gasteiger partial charge < -0.3 is 10.1 Å². The van der Waals surface area contributed by atoms with Crippen molar-refractivity contribution >= 4 is 5.97 Å². The van der Waals surface area contributed by atoms with Crippen LogP contribution >= 0.6 is 0 Å². The van der Waals surface area contributed by atoms with Crippen molar-refractivity contribution in [3.8, 4) is 0 Å². The minimum Gasteiger partial charge on any atom is -0.407 e. The van der Waals surface area contributed by atoms with Gasteiger partial charge in [-0.15, -0.1) is 0 Å². The molecule has 0 heterocycles. The summed E-state index contributed by atoms with van der Waals surface area (Å²) in [5.41, 5.74) is 0.513. The number of esters is 1. The largest absolute Gasteiger partial charge is 0.407 e. The van der Waals surface area contributed by atoms with Gasteiger partial charge >= 0.3 is 5.97 Å². The van der Waals surface area contributed by atoms with Gasteiger partial charge in [-0.25, -0.2) is 4.79 Å². The summed E-state index contributed by atoms with van der Waals surface area (Å²) in [6, 6.07) is 8.76. The van der Waals surface area contributed by atoms with Gasteiger partial charge in [0.25, 0.3) is 0 Å². The minimum atomic E-state index is -0.403. The van der Waals surface area contributed by atoms with E-state index in [1.54, 1.807) is 31.3 Å². The molecule has 13 heavy (non-hydrogen) atoms. The summed E-state index contributed by atoms with van der Waals surface area (Å²) in [4.78, 5) is 11.3. The SMILES string of the molecule is C=C(NC)OC(=O)c1ccccc1. The highest BCUT2D eigenvalue weighted by atomic mass is 16.5. The first kappa shape index (κ1) is 9.32. The maximum atomic E-state index is 11.3. The first-order valence-corrected chi connectivity index (χ1v) is 3.88. The molecule has 0 atom stereocenters. The molecule has 0 unspecified atom stereocenters. The second-order valence-electron chi connectivity index (χ2n) is 2.43. The molecule has 0 saturated carbocycles. The van der Waals surface area contributed by atoms with Crippen molar-refractivity contribution in [3.63, 3.8) is 0 Å². The van der Waals surface area contributed by atoms with E-state index in [4.69, 9.17) is 4.74 Å². The van der Waals surface area contributed by atoms with Gasteiger partial charge in [0.05, 0.1) is 5.56 Å². The molecular formula is C10H11NO2. The molecule has 1 aromatic rings. The second-order valence-corrected chi connectivity index (χ2v) is 2.43. The number of hydrogen-bond donors (Lipinski definition) is 1. The predicted molar refractivity (Wildman–Crippen MR) is 50.1 cm³/mol. The van der Waals surface area contributed by atoms with Crippen LogP contribution in [0.4, 0.5) is 0 Å². The molecule has 0 saturated heterocycles. The van der Waals surface area contributed by atoms with Gasteiger partial charge in [0.15, 0.2) is 5.88 Å². The van der Waals surface area contributed by atoms with Gasteiger partial charge in [0.1, 0.15) is 0 Å². The van der Waals surface area contributed by atoms with Crippen molar-refractivity contribution in [2.45, 2.75) is 0 Å². The highest BCUT2D eigenvalue weighted by Gasteiger charge is 2.06. The van der Waals surface area contributed by atoms with Gasteiger partial charge in [-0.1, -0.05) is 18.2 Å². The Morgan fingerprint density at radius 1 is 1.38 bits per heavy atom. The number of hydrogen-bond acceptors (Lipinski definition) is 3. The zero-order valence-corrected chi connectivity index (χ0v) is 7.41. The molecule has 0 spiro atoms. The Hall–Kier alpha value is -1.77. The fraction of sp³-hybridized carbons (Fsp3) is 0.100. The zero-order valence-electron chi connectivity index (χ0n) is 7.41. The van der Waals surface area contributed by atoms with Crippen molar-refractivity contribution in [1.29, 1.82) is 0 Å². The standard InChI is InChI=1S/C10H11NO2/c1-8(11-2)13-10(12)9-6-4-3-5-7-9/h3-7,11H,1H2,2H3. The number of rotatable bonds is 3. The summed E-state index contributed by atoms with van der Waals surface area (Å²) < 4.78 is 4.84. The third-order valence-corrected chi connectivity index (χ3v) is 1.50. The lowest BCUT2D eigenvalue weighted by Crippen LogP contribution is -2.13. The van der Waals surface area contributed by atoms with Crippen LogP contribution in [-0.2, 0) is 4.74 Å². The first-order valence-electron chi connectivity index (χ1n) is 3.88. The number of ether oxygens (including phenoxy) is 1. The molecule has 0 aliphatic rings. The van der Waals surface area contributed by atoms with Crippen LogP contribution in [0.2, 0.25) is 0 Å². The molecule has 0 aliphatic carbocycles. The van der Waals surface area contributed by atoms with Crippen molar-refractivity contribution in [1.82, 2.24) is 5.32 Å². The maximum Gasteiger partial charge on any atom is 0.344 e. The Labute approximate surface area is 77.0 Å². The lowest BCUT2D eigenvalue weighted by Gasteiger charge is -2.05. The van der Waals surface area contributed by atoms with E-state index < -0.39 is 5.97 Å². The minimum absolute atomic E-state index is 0.244. The van der Waals surface area contributed by atoms with Crippen molar-refractivity contribution in [2.24, 2.45) is 0 Å². The number of nitrogens with one attached hydrogen (secondary N) is 1. The molecule has 1 N–H and O–H groups in total. The van der Waals surface area contributed by atoms with Gasteiger partial charge in [-0.2, -0.15) is 0 Å². The Morgan fingerprint density at radius 2 is 2.00 bits per heavy atom. The third-order valence-electron chi connectivity index (χ3n) is 1.50. The average Bonchev–Trinajstić information content (AvgIpc) is 2.19. The summed E-state index contributed by atoms with van der Waals surface area (Å²) >= 11 is 0. The molecule has 3 nitrogen and oxygen atoms in total. The average molecular weight is 177 g/mol. The van der Waals surface area contributed by atoms with Crippen LogP contribution in [-0.4, -0.2) is 13.0 Å². The number of benzene rings is 1.